The van der Waals surface area contributed by atoms with Gasteiger partial charge in [-0.1, -0.05) is 30.0 Å². The van der Waals surface area contributed by atoms with Crippen LogP contribution < -0.4 is 16.1 Å². The summed E-state index contributed by atoms with van der Waals surface area (Å²) in [5.41, 5.74) is 0.824. The molecule has 0 bridgehead atoms. The summed E-state index contributed by atoms with van der Waals surface area (Å²) in [7, 11) is 0. The number of benzene rings is 1. The van der Waals surface area contributed by atoms with Crippen LogP contribution in [0.15, 0.2) is 38.9 Å². The standard InChI is InChI=1S/C13H12N4O3S/c18-10(7-21-12-11(19)14-13(20)16-15-12)17-6-5-8-3-1-2-4-9(8)17/h1-4H,5-7H2,(H2,14,16,19,20). The normalized spacial score (nSPS) is 13.2. The van der Waals surface area contributed by atoms with E-state index in [9.17, 15) is 14.4 Å². The van der Waals surface area contributed by atoms with Crippen LogP contribution in [0, 0.1) is 0 Å². The Morgan fingerprint density at radius 1 is 1.33 bits per heavy atom. The Bertz CT molecular complexity index is 798. The van der Waals surface area contributed by atoms with Crippen LogP contribution in [0.25, 0.3) is 0 Å². The summed E-state index contributed by atoms with van der Waals surface area (Å²) in [6, 6.07) is 7.76. The van der Waals surface area contributed by atoms with Crippen molar-refractivity contribution < 1.29 is 4.79 Å². The maximum absolute atomic E-state index is 12.3. The van der Waals surface area contributed by atoms with E-state index < -0.39 is 11.2 Å². The number of aromatic amines is 2. The number of rotatable bonds is 3. The van der Waals surface area contributed by atoms with E-state index in [1.807, 2.05) is 24.3 Å². The lowest BCUT2D eigenvalue weighted by Crippen LogP contribution is -2.31. The van der Waals surface area contributed by atoms with Gasteiger partial charge in [0.05, 0.1) is 5.75 Å². The number of H-pyrrole nitrogens is 2. The molecule has 1 aliphatic rings. The first-order valence-electron chi connectivity index (χ1n) is 6.35. The molecule has 21 heavy (non-hydrogen) atoms. The molecule has 8 heteroatoms. The zero-order valence-electron chi connectivity index (χ0n) is 11.0. The Labute approximate surface area is 123 Å². The van der Waals surface area contributed by atoms with E-state index >= 15 is 0 Å². The van der Waals surface area contributed by atoms with E-state index in [-0.39, 0.29) is 16.7 Å². The van der Waals surface area contributed by atoms with Gasteiger partial charge in [-0.15, -0.1) is 0 Å². The first-order valence-corrected chi connectivity index (χ1v) is 7.34. The van der Waals surface area contributed by atoms with Crippen molar-refractivity contribution in [3.63, 3.8) is 0 Å². The number of hydrogen-bond donors (Lipinski definition) is 2. The summed E-state index contributed by atoms with van der Waals surface area (Å²) >= 11 is 1.01. The minimum absolute atomic E-state index is 0.0791. The van der Waals surface area contributed by atoms with E-state index in [0.717, 1.165) is 29.4 Å². The van der Waals surface area contributed by atoms with Gasteiger partial charge in [0.1, 0.15) is 0 Å². The number of thioether (sulfide) groups is 1. The second kappa shape index (κ2) is 5.57. The van der Waals surface area contributed by atoms with Crippen LogP contribution in [0.3, 0.4) is 0 Å². The van der Waals surface area contributed by atoms with Gasteiger partial charge >= 0.3 is 5.69 Å². The molecule has 0 saturated carbocycles. The maximum Gasteiger partial charge on any atom is 0.342 e. The van der Waals surface area contributed by atoms with Crippen LogP contribution in [0.4, 0.5) is 5.69 Å². The molecule has 2 aromatic rings. The third kappa shape index (κ3) is 2.75. The van der Waals surface area contributed by atoms with E-state index in [0.29, 0.717) is 6.54 Å². The van der Waals surface area contributed by atoms with Crippen molar-refractivity contribution in [3.8, 4) is 0 Å². The summed E-state index contributed by atoms with van der Waals surface area (Å²) in [4.78, 5) is 38.4. The molecule has 0 radical (unpaired) electrons. The molecule has 0 saturated heterocycles. The Balaban J connectivity index is 1.71. The first-order chi connectivity index (χ1) is 10.1. The molecule has 2 heterocycles. The number of amides is 1. The quantitative estimate of drug-likeness (QED) is 0.786. The number of hydrogen-bond acceptors (Lipinski definition) is 5. The highest BCUT2D eigenvalue weighted by Crippen LogP contribution is 2.28. The van der Waals surface area contributed by atoms with Gasteiger partial charge < -0.3 is 4.90 Å². The van der Waals surface area contributed by atoms with E-state index in [4.69, 9.17) is 0 Å². The average Bonchev–Trinajstić information content (AvgIpc) is 2.90. The highest BCUT2D eigenvalue weighted by Gasteiger charge is 2.24. The van der Waals surface area contributed by atoms with Gasteiger partial charge in [0.15, 0.2) is 5.03 Å². The zero-order chi connectivity index (χ0) is 14.8. The monoisotopic (exact) mass is 304 g/mol. The maximum atomic E-state index is 12.3. The molecule has 0 fully saturated rings. The number of aromatic nitrogens is 3. The number of anilines is 1. The molecule has 1 aliphatic heterocycles. The van der Waals surface area contributed by atoms with Gasteiger partial charge in [0, 0.05) is 12.2 Å². The number of carbonyl (C=O) groups excluding carboxylic acids is 1. The van der Waals surface area contributed by atoms with Gasteiger partial charge in [-0.3, -0.25) is 14.6 Å². The van der Waals surface area contributed by atoms with Gasteiger partial charge in [-0.2, -0.15) is 5.10 Å². The largest absolute Gasteiger partial charge is 0.342 e. The lowest BCUT2D eigenvalue weighted by atomic mass is 10.2. The van der Waals surface area contributed by atoms with Crippen molar-refractivity contribution in [3.05, 3.63) is 50.7 Å². The molecule has 0 unspecified atom stereocenters. The van der Waals surface area contributed by atoms with E-state index in [1.165, 1.54) is 0 Å². The second-order valence-corrected chi connectivity index (χ2v) is 5.49. The van der Waals surface area contributed by atoms with Crippen LogP contribution in [-0.2, 0) is 11.2 Å². The fourth-order valence-corrected chi connectivity index (χ4v) is 2.95. The SMILES string of the molecule is O=C(CSc1n[nH]c(=O)[nH]c1=O)N1CCc2ccccc21. The summed E-state index contributed by atoms with van der Waals surface area (Å²) in [5, 5.41) is 5.85. The van der Waals surface area contributed by atoms with Crippen LogP contribution >= 0.6 is 11.8 Å². The lowest BCUT2D eigenvalue weighted by molar-refractivity contribution is -0.116. The number of nitrogens with one attached hydrogen (secondary N) is 2. The Kier molecular flexibility index (Phi) is 3.61. The predicted molar refractivity (Wildman–Crippen MR) is 78.7 cm³/mol. The molecule has 1 amide bonds. The second-order valence-electron chi connectivity index (χ2n) is 4.52. The van der Waals surface area contributed by atoms with Gasteiger partial charge in [0.2, 0.25) is 5.91 Å². The lowest BCUT2D eigenvalue weighted by Gasteiger charge is -2.16. The van der Waals surface area contributed by atoms with Crippen LogP contribution in [0.5, 0.6) is 0 Å². The molecule has 7 nitrogen and oxygen atoms in total. The van der Waals surface area contributed by atoms with Crippen molar-refractivity contribution in [1.29, 1.82) is 0 Å². The minimum atomic E-state index is -0.663. The molecule has 108 valence electrons. The van der Waals surface area contributed by atoms with Crippen molar-refractivity contribution in [1.82, 2.24) is 15.2 Å². The molecule has 0 aliphatic carbocycles. The Morgan fingerprint density at radius 3 is 2.95 bits per heavy atom. The molecule has 1 aromatic heterocycles. The number of fused-ring (bicyclic) bond motifs is 1. The molecule has 3 rings (SSSR count). The highest BCUT2D eigenvalue weighted by molar-refractivity contribution is 7.99. The number of carbonyl (C=O) groups is 1. The molecule has 0 atom stereocenters. The van der Waals surface area contributed by atoms with Gasteiger partial charge in [0.25, 0.3) is 5.56 Å². The van der Waals surface area contributed by atoms with Crippen LogP contribution in [0.1, 0.15) is 5.56 Å². The fourth-order valence-electron chi connectivity index (χ4n) is 2.24. The third-order valence-electron chi connectivity index (χ3n) is 3.20. The first kappa shape index (κ1) is 13.6. The summed E-state index contributed by atoms with van der Waals surface area (Å²) in [5.74, 6) is 0.00792. The summed E-state index contributed by atoms with van der Waals surface area (Å²) in [6.45, 7) is 0.647. The Morgan fingerprint density at radius 2 is 2.14 bits per heavy atom. The molecule has 1 aromatic carbocycles. The third-order valence-corrected chi connectivity index (χ3v) is 4.14. The topological polar surface area (TPSA) is 98.9 Å². The van der Waals surface area contributed by atoms with Crippen molar-refractivity contribution in [2.75, 3.05) is 17.2 Å². The van der Waals surface area contributed by atoms with Crippen molar-refractivity contribution >= 4 is 23.4 Å². The summed E-state index contributed by atoms with van der Waals surface area (Å²) < 4.78 is 0. The summed E-state index contributed by atoms with van der Waals surface area (Å²) in [6.07, 6.45) is 0.837. The van der Waals surface area contributed by atoms with Crippen LogP contribution in [0.2, 0.25) is 0 Å². The number of nitrogens with zero attached hydrogens (tertiary/aromatic N) is 2. The highest BCUT2D eigenvalue weighted by atomic mass is 32.2. The molecule has 0 spiro atoms. The van der Waals surface area contributed by atoms with Gasteiger partial charge in [-0.25, -0.2) is 9.89 Å². The van der Waals surface area contributed by atoms with E-state index in [2.05, 4.69) is 15.2 Å². The van der Waals surface area contributed by atoms with Crippen LogP contribution in [-0.4, -0.2) is 33.4 Å². The minimum Gasteiger partial charge on any atom is -0.311 e. The van der Waals surface area contributed by atoms with E-state index in [1.54, 1.807) is 4.90 Å². The molecule has 2 N–H and O–H groups in total. The van der Waals surface area contributed by atoms with Crippen molar-refractivity contribution in [2.45, 2.75) is 11.4 Å². The molecular formula is C13H12N4O3S. The molecular weight excluding hydrogens is 292 g/mol. The predicted octanol–water partition coefficient (Wildman–Crippen LogP) is 0.140. The number of para-hydroxylation sites is 1. The average molecular weight is 304 g/mol. The zero-order valence-corrected chi connectivity index (χ0v) is 11.8. The Hall–Kier alpha value is -2.35. The fraction of sp³-hybridized carbons (Fsp3) is 0.231. The van der Waals surface area contributed by atoms with Crippen molar-refractivity contribution in [2.24, 2.45) is 0 Å². The van der Waals surface area contributed by atoms with Gasteiger partial charge in [-0.05, 0) is 18.1 Å². The smallest absolute Gasteiger partial charge is 0.311 e.